The number of hydrogen-bond donors (Lipinski definition) is 2. The molecular weight excluding hydrogens is 248 g/mol. The average molecular weight is 263 g/mol. The van der Waals surface area contributed by atoms with Crippen molar-refractivity contribution >= 4 is 17.3 Å². The van der Waals surface area contributed by atoms with E-state index in [1.807, 2.05) is 6.07 Å². The lowest BCUT2D eigenvalue weighted by atomic mass is 10.1. The quantitative estimate of drug-likeness (QED) is 0.816. The van der Waals surface area contributed by atoms with E-state index in [-0.39, 0.29) is 0 Å². The van der Waals surface area contributed by atoms with E-state index in [1.54, 1.807) is 12.1 Å². The molecule has 0 unspecified atom stereocenters. The predicted molar refractivity (Wildman–Crippen MR) is 72.5 cm³/mol. The topological polar surface area (TPSA) is 67.6 Å². The van der Waals surface area contributed by atoms with Crippen LogP contribution in [-0.2, 0) is 0 Å². The summed E-state index contributed by atoms with van der Waals surface area (Å²) in [5, 5.41) is 7.93. The summed E-state index contributed by atoms with van der Waals surface area (Å²) in [5.74, 6) is 2.17. The molecule has 0 bridgehead atoms. The molecule has 3 N–H and O–H groups in total. The molecule has 1 heterocycles. The van der Waals surface area contributed by atoms with E-state index in [4.69, 9.17) is 17.3 Å². The summed E-state index contributed by atoms with van der Waals surface area (Å²) in [6.45, 7) is 0. The van der Waals surface area contributed by atoms with Crippen molar-refractivity contribution < 1.29 is 0 Å². The number of halogens is 1. The fourth-order valence-corrected chi connectivity index (χ4v) is 2.69. The zero-order valence-corrected chi connectivity index (χ0v) is 10.7. The highest BCUT2D eigenvalue weighted by Gasteiger charge is 2.21. The fraction of sp³-hybridized carbons (Fsp3) is 0.385. The lowest BCUT2D eigenvalue weighted by Crippen LogP contribution is -1.95. The van der Waals surface area contributed by atoms with Crippen LogP contribution < -0.4 is 5.73 Å². The molecule has 0 saturated heterocycles. The third kappa shape index (κ3) is 2.08. The van der Waals surface area contributed by atoms with E-state index in [0.29, 0.717) is 22.5 Å². The number of aromatic amines is 1. The smallest absolute Gasteiger partial charge is 0.183 e. The predicted octanol–water partition coefficient (Wildman–Crippen LogP) is 3.36. The molecule has 0 spiro atoms. The molecule has 4 nitrogen and oxygen atoms in total. The van der Waals surface area contributed by atoms with E-state index < -0.39 is 0 Å². The molecule has 3 rings (SSSR count). The number of anilines is 1. The van der Waals surface area contributed by atoms with Crippen LogP contribution in [0.25, 0.3) is 11.4 Å². The first-order valence-electron chi connectivity index (χ1n) is 6.22. The summed E-state index contributed by atoms with van der Waals surface area (Å²) < 4.78 is 0. The number of hydrogen-bond acceptors (Lipinski definition) is 3. The van der Waals surface area contributed by atoms with Crippen LogP contribution in [0.4, 0.5) is 5.69 Å². The molecule has 5 heteroatoms. The van der Waals surface area contributed by atoms with Gasteiger partial charge in [-0.2, -0.15) is 5.10 Å². The number of aromatic nitrogens is 3. The molecular formula is C13H15ClN4. The first kappa shape index (κ1) is 11.5. The fourth-order valence-electron chi connectivity index (χ4n) is 2.51. The summed E-state index contributed by atoms with van der Waals surface area (Å²) >= 11 is 5.88. The van der Waals surface area contributed by atoms with Gasteiger partial charge in [-0.3, -0.25) is 5.10 Å². The largest absolute Gasteiger partial charge is 0.398 e. The van der Waals surface area contributed by atoms with Gasteiger partial charge < -0.3 is 5.73 Å². The number of nitrogens with one attached hydrogen (secondary N) is 1. The van der Waals surface area contributed by atoms with E-state index in [1.165, 1.54) is 25.7 Å². The van der Waals surface area contributed by atoms with Gasteiger partial charge in [-0.1, -0.05) is 24.4 Å². The monoisotopic (exact) mass is 262 g/mol. The van der Waals surface area contributed by atoms with E-state index in [9.17, 15) is 0 Å². The van der Waals surface area contributed by atoms with Crippen LogP contribution in [-0.4, -0.2) is 15.2 Å². The number of rotatable bonds is 2. The van der Waals surface area contributed by atoms with Crippen molar-refractivity contribution in [2.45, 2.75) is 31.6 Å². The molecule has 94 valence electrons. The summed E-state index contributed by atoms with van der Waals surface area (Å²) in [5.41, 5.74) is 7.38. The van der Waals surface area contributed by atoms with Crippen molar-refractivity contribution in [2.75, 3.05) is 5.73 Å². The van der Waals surface area contributed by atoms with E-state index in [2.05, 4.69) is 15.2 Å². The van der Waals surface area contributed by atoms with Gasteiger partial charge in [-0.05, 0) is 31.0 Å². The second-order valence-corrected chi connectivity index (χ2v) is 5.19. The molecule has 0 amide bonds. The van der Waals surface area contributed by atoms with Crippen molar-refractivity contribution in [1.29, 1.82) is 0 Å². The van der Waals surface area contributed by atoms with Crippen molar-refractivity contribution in [2.24, 2.45) is 0 Å². The summed E-state index contributed by atoms with van der Waals surface area (Å²) in [6.07, 6.45) is 4.96. The Kier molecular flexibility index (Phi) is 2.96. The van der Waals surface area contributed by atoms with Crippen LogP contribution in [0.2, 0.25) is 5.02 Å². The van der Waals surface area contributed by atoms with Crippen LogP contribution in [0, 0.1) is 0 Å². The van der Waals surface area contributed by atoms with Gasteiger partial charge in [0.25, 0.3) is 0 Å². The Labute approximate surface area is 111 Å². The van der Waals surface area contributed by atoms with Gasteiger partial charge >= 0.3 is 0 Å². The highest BCUT2D eigenvalue weighted by Crippen LogP contribution is 2.33. The van der Waals surface area contributed by atoms with Gasteiger partial charge in [0.05, 0.1) is 0 Å². The average Bonchev–Trinajstić information content (AvgIpc) is 2.99. The Morgan fingerprint density at radius 2 is 2.06 bits per heavy atom. The molecule has 1 aromatic heterocycles. The molecule has 1 aromatic carbocycles. The van der Waals surface area contributed by atoms with Crippen molar-refractivity contribution in [1.82, 2.24) is 15.2 Å². The standard InChI is InChI=1S/C13H15ClN4/c14-9-5-6-10(11(15)7-9)13-16-12(17-18-13)8-3-1-2-4-8/h5-8H,1-4,15H2,(H,16,17,18). The van der Waals surface area contributed by atoms with Crippen molar-refractivity contribution in [3.05, 3.63) is 29.0 Å². The highest BCUT2D eigenvalue weighted by molar-refractivity contribution is 6.31. The van der Waals surface area contributed by atoms with Crippen molar-refractivity contribution in [3.8, 4) is 11.4 Å². The van der Waals surface area contributed by atoms with Crippen LogP contribution in [0.5, 0.6) is 0 Å². The number of nitrogen functional groups attached to an aromatic ring is 1. The Morgan fingerprint density at radius 3 is 2.78 bits per heavy atom. The first-order valence-corrected chi connectivity index (χ1v) is 6.59. The summed E-state index contributed by atoms with van der Waals surface area (Å²) in [7, 11) is 0. The number of nitrogens with zero attached hydrogens (tertiary/aromatic N) is 2. The second kappa shape index (κ2) is 4.61. The highest BCUT2D eigenvalue weighted by atomic mass is 35.5. The van der Waals surface area contributed by atoms with Crippen LogP contribution >= 0.6 is 11.6 Å². The zero-order valence-electron chi connectivity index (χ0n) is 9.99. The van der Waals surface area contributed by atoms with Gasteiger partial charge in [-0.25, -0.2) is 4.98 Å². The summed E-state index contributed by atoms with van der Waals surface area (Å²) in [4.78, 5) is 4.56. The Morgan fingerprint density at radius 1 is 1.28 bits per heavy atom. The van der Waals surface area contributed by atoms with E-state index >= 15 is 0 Å². The Balaban J connectivity index is 1.92. The maximum absolute atomic E-state index is 5.94. The van der Waals surface area contributed by atoms with Crippen LogP contribution in [0.3, 0.4) is 0 Å². The second-order valence-electron chi connectivity index (χ2n) is 4.76. The van der Waals surface area contributed by atoms with Gasteiger partial charge in [0, 0.05) is 22.2 Å². The maximum atomic E-state index is 5.94. The normalized spacial score (nSPS) is 16.3. The summed E-state index contributed by atoms with van der Waals surface area (Å²) in [6, 6.07) is 5.39. The molecule has 0 atom stereocenters. The molecule has 0 radical (unpaired) electrons. The van der Waals surface area contributed by atoms with Gasteiger partial charge in [0.1, 0.15) is 5.82 Å². The lowest BCUT2D eigenvalue weighted by molar-refractivity contribution is 0.672. The molecule has 2 aromatic rings. The molecule has 1 saturated carbocycles. The van der Waals surface area contributed by atoms with E-state index in [0.717, 1.165) is 11.4 Å². The zero-order chi connectivity index (χ0) is 12.5. The molecule has 1 fully saturated rings. The SMILES string of the molecule is Nc1cc(Cl)ccc1-c1n[nH]c(C2CCCC2)n1. The van der Waals surface area contributed by atoms with Crippen molar-refractivity contribution in [3.63, 3.8) is 0 Å². The molecule has 1 aliphatic carbocycles. The number of H-pyrrole nitrogens is 1. The minimum absolute atomic E-state index is 0.528. The van der Waals surface area contributed by atoms with Crippen LogP contribution in [0.1, 0.15) is 37.4 Å². The number of benzene rings is 1. The Hall–Kier alpha value is -1.55. The lowest BCUT2D eigenvalue weighted by Gasteiger charge is -2.03. The minimum Gasteiger partial charge on any atom is -0.398 e. The molecule has 0 aliphatic heterocycles. The number of nitrogens with two attached hydrogens (primary N) is 1. The Bertz CT molecular complexity index is 558. The molecule has 18 heavy (non-hydrogen) atoms. The van der Waals surface area contributed by atoms with Crippen LogP contribution in [0.15, 0.2) is 18.2 Å². The maximum Gasteiger partial charge on any atom is 0.183 e. The van der Waals surface area contributed by atoms with Gasteiger partial charge in [0.15, 0.2) is 5.82 Å². The van der Waals surface area contributed by atoms with Gasteiger partial charge in [0.2, 0.25) is 0 Å². The minimum atomic E-state index is 0.528. The third-order valence-corrected chi connectivity index (χ3v) is 3.73. The van der Waals surface area contributed by atoms with Gasteiger partial charge in [-0.15, -0.1) is 0 Å². The third-order valence-electron chi connectivity index (χ3n) is 3.50. The first-order chi connectivity index (χ1) is 8.74. The molecule has 1 aliphatic rings.